The monoisotopic (exact) mass is 307 g/mol. The molecule has 6 nitrogen and oxygen atoms in total. The fourth-order valence-corrected chi connectivity index (χ4v) is 2.96. The Bertz CT molecular complexity index is 613. The fraction of sp³-hybridized carbons (Fsp3) is 0.500. The van der Waals surface area contributed by atoms with Gasteiger partial charge in [0.25, 0.3) is 0 Å². The highest BCUT2D eigenvalue weighted by Gasteiger charge is 2.16. The van der Waals surface area contributed by atoms with Crippen LogP contribution in [0.25, 0.3) is 0 Å². The lowest BCUT2D eigenvalue weighted by molar-refractivity contribution is 0.306. The lowest BCUT2D eigenvalue weighted by atomic mass is 10.2. The first kappa shape index (κ1) is 15.5. The highest BCUT2D eigenvalue weighted by Crippen LogP contribution is 2.31. The number of aromatic nitrogens is 3. The van der Waals surface area contributed by atoms with E-state index in [0.717, 1.165) is 17.1 Å². The average molecular weight is 307 g/mol. The number of ether oxygens (including phenoxy) is 1. The first-order valence-corrected chi connectivity index (χ1v) is 7.78. The fourth-order valence-electron chi connectivity index (χ4n) is 2.03. The van der Waals surface area contributed by atoms with Crippen molar-refractivity contribution in [1.82, 2.24) is 15.0 Å². The van der Waals surface area contributed by atoms with Gasteiger partial charge < -0.3 is 15.8 Å². The number of anilines is 2. The molecule has 0 spiro atoms. The maximum Gasteiger partial charge on any atom is 0.242 e. The van der Waals surface area contributed by atoms with Gasteiger partial charge in [-0.2, -0.15) is 4.98 Å². The minimum Gasteiger partial charge on any atom is -0.476 e. The van der Waals surface area contributed by atoms with E-state index in [1.807, 2.05) is 20.8 Å². The van der Waals surface area contributed by atoms with E-state index in [0.29, 0.717) is 24.0 Å². The Morgan fingerprint density at radius 2 is 2.14 bits per heavy atom. The molecule has 1 unspecified atom stereocenters. The van der Waals surface area contributed by atoms with Gasteiger partial charge in [0.2, 0.25) is 5.88 Å². The number of aryl methyl sites for hydroxylation is 2. The molecule has 3 N–H and O–H groups in total. The Balaban J connectivity index is 2.17. The van der Waals surface area contributed by atoms with Crippen LogP contribution in [0.5, 0.6) is 5.88 Å². The van der Waals surface area contributed by atoms with Crippen LogP contribution in [-0.2, 0) is 0 Å². The topological polar surface area (TPSA) is 86.0 Å². The summed E-state index contributed by atoms with van der Waals surface area (Å²) in [4.78, 5) is 13.9. The summed E-state index contributed by atoms with van der Waals surface area (Å²) >= 11 is 1.68. The van der Waals surface area contributed by atoms with Gasteiger partial charge in [0, 0.05) is 4.88 Å². The van der Waals surface area contributed by atoms with Gasteiger partial charge in [0.05, 0.1) is 23.4 Å². The highest BCUT2D eigenvalue weighted by molar-refractivity contribution is 7.11. The van der Waals surface area contributed by atoms with Crippen molar-refractivity contribution in [3.8, 4) is 5.88 Å². The molecule has 0 aliphatic rings. The Morgan fingerprint density at radius 3 is 2.76 bits per heavy atom. The normalized spacial score (nSPS) is 12.2. The molecule has 21 heavy (non-hydrogen) atoms. The number of nitrogens with zero attached hydrogens (tertiary/aromatic N) is 3. The molecular weight excluding hydrogens is 286 g/mol. The van der Waals surface area contributed by atoms with Gasteiger partial charge in [-0.15, -0.1) is 11.3 Å². The van der Waals surface area contributed by atoms with Crippen molar-refractivity contribution in [1.29, 1.82) is 0 Å². The molecule has 1 atom stereocenters. The summed E-state index contributed by atoms with van der Waals surface area (Å²) in [5, 5.41) is 4.37. The zero-order chi connectivity index (χ0) is 15.4. The maximum absolute atomic E-state index is 6.07. The predicted molar refractivity (Wildman–Crippen MR) is 85.9 cm³/mol. The van der Waals surface area contributed by atoms with Crippen molar-refractivity contribution >= 4 is 22.8 Å². The molecule has 2 aromatic heterocycles. The van der Waals surface area contributed by atoms with E-state index in [9.17, 15) is 0 Å². The summed E-state index contributed by atoms with van der Waals surface area (Å²) in [6, 6.07) is 0.0763. The van der Waals surface area contributed by atoms with Crippen LogP contribution in [0.3, 0.4) is 0 Å². The lowest BCUT2D eigenvalue weighted by Gasteiger charge is -2.16. The van der Waals surface area contributed by atoms with Gasteiger partial charge in [-0.25, -0.2) is 9.97 Å². The van der Waals surface area contributed by atoms with Crippen LogP contribution >= 0.6 is 11.3 Å². The Labute approximate surface area is 128 Å². The van der Waals surface area contributed by atoms with Crippen molar-refractivity contribution in [2.75, 3.05) is 17.7 Å². The summed E-state index contributed by atoms with van der Waals surface area (Å²) in [6.07, 6.45) is 2.36. The molecule has 0 amide bonds. The summed E-state index contributed by atoms with van der Waals surface area (Å²) in [6.45, 7) is 8.70. The number of hydrogen-bond acceptors (Lipinski definition) is 7. The Hall–Kier alpha value is -1.89. The van der Waals surface area contributed by atoms with Gasteiger partial charge in [-0.3, -0.25) is 0 Å². The molecular formula is C14H21N5OS. The molecule has 0 bridgehead atoms. The van der Waals surface area contributed by atoms with Crippen molar-refractivity contribution in [3.63, 3.8) is 0 Å². The number of rotatable bonds is 6. The summed E-state index contributed by atoms with van der Waals surface area (Å²) in [5.74, 6) is 1.02. The van der Waals surface area contributed by atoms with Crippen LogP contribution in [-0.4, -0.2) is 21.6 Å². The van der Waals surface area contributed by atoms with Crippen LogP contribution in [0.4, 0.5) is 11.5 Å². The zero-order valence-electron chi connectivity index (χ0n) is 12.8. The van der Waals surface area contributed by atoms with E-state index in [-0.39, 0.29) is 6.04 Å². The van der Waals surface area contributed by atoms with E-state index < -0.39 is 0 Å². The molecule has 0 fully saturated rings. The molecule has 0 saturated heterocycles. The zero-order valence-corrected chi connectivity index (χ0v) is 13.6. The van der Waals surface area contributed by atoms with Crippen molar-refractivity contribution in [2.45, 2.75) is 40.2 Å². The second kappa shape index (κ2) is 6.71. The third kappa shape index (κ3) is 3.60. The van der Waals surface area contributed by atoms with Gasteiger partial charge in [-0.05, 0) is 27.2 Å². The molecule has 0 aliphatic carbocycles. The Morgan fingerprint density at radius 1 is 1.38 bits per heavy atom. The molecule has 7 heteroatoms. The SMILES string of the molecule is CCCOc1ncnc(NC(C)c2sc(C)nc2C)c1N. The minimum absolute atomic E-state index is 0.0763. The third-order valence-corrected chi connectivity index (χ3v) is 4.23. The van der Waals surface area contributed by atoms with Crippen LogP contribution in [0, 0.1) is 13.8 Å². The molecule has 2 rings (SSSR count). The van der Waals surface area contributed by atoms with Crippen molar-refractivity contribution < 1.29 is 4.74 Å². The number of nitrogens with two attached hydrogens (primary N) is 1. The van der Waals surface area contributed by atoms with Gasteiger partial charge >= 0.3 is 0 Å². The van der Waals surface area contributed by atoms with Crippen molar-refractivity contribution in [3.05, 3.63) is 21.9 Å². The number of nitrogen functional groups attached to an aromatic ring is 1. The van der Waals surface area contributed by atoms with Crippen LogP contribution in [0.15, 0.2) is 6.33 Å². The van der Waals surface area contributed by atoms with Gasteiger partial charge in [0.15, 0.2) is 5.82 Å². The van der Waals surface area contributed by atoms with E-state index in [1.54, 1.807) is 11.3 Å². The maximum atomic E-state index is 6.07. The van der Waals surface area contributed by atoms with E-state index in [2.05, 4.69) is 27.2 Å². The molecule has 0 aliphatic heterocycles. The molecule has 114 valence electrons. The van der Waals surface area contributed by atoms with Gasteiger partial charge in [0.1, 0.15) is 12.0 Å². The largest absolute Gasteiger partial charge is 0.476 e. The second-order valence-electron chi connectivity index (χ2n) is 4.84. The second-order valence-corrected chi connectivity index (χ2v) is 6.07. The van der Waals surface area contributed by atoms with Crippen molar-refractivity contribution in [2.24, 2.45) is 0 Å². The summed E-state index contributed by atoms with van der Waals surface area (Å²) in [7, 11) is 0. The number of nitrogens with one attached hydrogen (secondary N) is 1. The summed E-state index contributed by atoms with van der Waals surface area (Å²) in [5.41, 5.74) is 7.55. The molecule has 0 aromatic carbocycles. The van der Waals surface area contributed by atoms with Crippen LogP contribution in [0.2, 0.25) is 0 Å². The lowest BCUT2D eigenvalue weighted by Crippen LogP contribution is -2.11. The number of hydrogen-bond donors (Lipinski definition) is 2. The van der Waals surface area contributed by atoms with Crippen LogP contribution in [0.1, 0.15) is 41.9 Å². The summed E-state index contributed by atoms with van der Waals surface area (Å²) < 4.78 is 5.52. The predicted octanol–water partition coefficient (Wildman–Crippen LogP) is 3.09. The first-order valence-electron chi connectivity index (χ1n) is 6.96. The quantitative estimate of drug-likeness (QED) is 0.853. The third-order valence-electron chi connectivity index (χ3n) is 2.98. The molecule has 0 radical (unpaired) electrons. The molecule has 2 aromatic rings. The first-order chi connectivity index (χ1) is 10.0. The highest BCUT2D eigenvalue weighted by atomic mass is 32.1. The van der Waals surface area contributed by atoms with Gasteiger partial charge in [-0.1, -0.05) is 6.92 Å². The Kier molecular flexibility index (Phi) is 4.95. The van der Waals surface area contributed by atoms with Crippen LogP contribution < -0.4 is 15.8 Å². The smallest absolute Gasteiger partial charge is 0.242 e. The number of thiazole rings is 1. The molecule has 0 saturated carbocycles. The standard InChI is InChI=1S/C14H21N5OS/c1-5-6-20-14-11(15)13(16-7-17-14)19-9(3)12-8(2)18-10(4)21-12/h7,9H,5-6,15H2,1-4H3,(H,16,17,19). The van der Waals surface area contributed by atoms with E-state index in [1.165, 1.54) is 11.2 Å². The molecule has 2 heterocycles. The minimum atomic E-state index is 0.0763. The van der Waals surface area contributed by atoms with E-state index in [4.69, 9.17) is 10.5 Å². The van der Waals surface area contributed by atoms with E-state index >= 15 is 0 Å². The average Bonchev–Trinajstić information content (AvgIpc) is 2.79.